The van der Waals surface area contributed by atoms with E-state index in [1.165, 1.54) is 12.2 Å². The summed E-state index contributed by atoms with van der Waals surface area (Å²) < 4.78 is 0. The second-order valence-corrected chi connectivity index (χ2v) is 4.29. The third kappa shape index (κ3) is 1.78. The van der Waals surface area contributed by atoms with E-state index >= 15 is 0 Å². The third-order valence-electron chi connectivity index (χ3n) is 2.53. The second-order valence-electron chi connectivity index (χ2n) is 4.29. The Morgan fingerprint density at radius 2 is 2.00 bits per heavy atom. The van der Waals surface area contributed by atoms with Crippen LogP contribution in [-0.4, -0.2) is 25.1 Å². The van der Waals surface area contributed by atoms with Crippen molar-refractivity contribution in [3.8, 4) is 0 Å². The number of hydrogen-bond donors (Lipinski definition) is 0. The molecule has 0 bridgehead atoms. The normalized spacial score (nSPS) is 21.7. The molecule has 3 heteroatoms. The molecule has 0 saturated heterocycles. The van der Waals surface area contributed by atoms with Gasteiger partial charge in [0.15, 0.2) is 0 Å². The SMILES string of the molecule is CON(C)C(=O)C1CC(C)(C)C1. The van der Waals surface area contributed by atoms with Crippen LogP contribution >= 0.6 is 0 Å². The molecule has 1 saturated carbocycles. The van der Waals surface area contributed by atoms with Crippen LogP contribution in [0.1, 0.15) is 26.7 Å². The lowest BCUT2D eigenvalue weighted by Gasteiger charge is -2.42. The molecule has 70 valence electrons. The molecular formula is C9H17NO2. The topological polar surface area (TPSA) is 29.5 Å². The Balaban J connectivity index is 2.38. The Hall–Kier alpha value is -0.570. The lowest BCUT2D eigenvalue weighted by Crippen LogP contribution is -2.43. The van der Waals surface area contributed by atoms with E-state index in [2.05, 4.69) is 13.8 Å². The molecule has 0 N–H and O–H groups in total. The highest BCUT2D eigenvalue weighted by Gasteiger charge is 2.41. The maximum absolute atomic E-state index is 11.4. The minimum Gasteiger partial charge on any atom is -0.275 e. The number of carbonyl (C=O) groups is 1. The van der Waals surface area contributed by atoms with Gasteiger partial charge in [0, 0.05) is 13.0 Å². The van der Waals surface area contributed by atoms with Gasteiger partial charge in [0.05, 0.1) is 7.11 Å². The van der Waals surface area contributed by atoms with E-state index in [9.17, 15) is 4.79 Å². The van der Waals surface area contributed by atoms with E-state index in [0.29, 0.717) is 5.41 Å². The van der Waals surface area contributed by atoms with Crippen LogP contribution in [0, 0.1) is 11.3 Å². The first-order valence-corrected chi connectivity index (χ1v) is 4.28. The third-order valence-corrected chi connectivity index (χ3v) is 2.53. The number of hydrogen-bond acceptors (Lipinski definition) is 2. The van der Waals surface area contributed by atoms with Gasteiger partial charge in [0.2, 0.25) is 5.91 Å². The average molecular weight is 171 g/mol. The van der Waals surface area contributed by atoms with E-state index < -0.39 is 0 Å². The zero-order valence-corrected chi connectivity index (χ0v) is 8.26. The Kier molecular flexibility index (Phi) is 2.42. The summed E-state index contributed by atoms with van der Waals surface area (Å²) >= 11 is 0. The van der Waals surface area contributed by atoms with Crippen LogP contribution in [0.4, 0.5) is 0 Å². The molecule has 1 amide bonds. The number of hydroxylamine groups is 2. The van der Waals surface area contributed by atoms with Gasteiger partial charge < -0.3 is 0 Å². The van der Waals surface area contributed by atoms with Crippen LogP contribution in [0.2, 0.25) is 0 Å². The quantitative estimate of drug-likeness (QED) is 0.588. The smallest absolute Gasteiger partial charge is 0.248 e. The van der Waals surface area contributed by atoms with E-state index in [1.807, 2.05) is 0 Å². The maximum Gasteiger partial charge on any atom is 0.248 e. The Bertz CT molecular complexity index is 181. The molecule has 0 unspecified atom stereocenters. The van der Waals surface area contributed by atoms with Gasteiger partial charge in [0.25, 0.3) is 0 Å². The number of nitrogens with zero attached hydrogens (tertiary/aromatic N) is 1. The lowest BCUT2D eigenvalue weighted by atomic mass is 9.64. The first kappa shape index (κ1) is 9.52. The van der Waals surface area contributed by atoms with E-state index in [4.69, 9.17) is 4.84 Å². The van der Waals surface area contributed by atoms with Crippen molar-refractivity contribution in [2.45, 2.75) is 26.7 Å². The summed E-state index contributed by atoms with van der Waals surface area (Å²) in [6.45, 7) is 4.37. The molecule has 0 aromatic heterocycles. The molecule has 0 aromatic carbocycles. The first-order valence-electron chi connectivity index (χ1n) is 4.28. The Morgan fingerprint density at radius 1 is 1.50 bits per heavy atom. The largest absolute Gasteiger partial charge is 0.275 e. The molecule has 1 aliphatic rings. The van der Waals surface area contributed by atoms with Gasteiger partial charge in [-0.05, 0) is 18.3 Å². The highest BCUT2D eigenvalue weighted by Crippen LogP contribution is 2.45. The van der Waals surface area contributed by atoms with Gasteiger partial charge in [-0.25, -0.2) is 5.06 Å². The number of rotatable bonds is 2. The minimum absolute atomic E-state index is 0.108. The molecule has 0 aliphatic heterocycles. The van der Waals surface area contributed by atoms with Crippen LogP contribution in [-0.2, 0) is 9.63 Å². The van der Waals surface area contributed by atoms with Crippen LogP contribution in [0.3, 0.4) is 0 Å². The van der Waals surface area contributed by atoms with Gasteiger partial charge in [-0.2, -0.15) is 0 Å². The molecule has 0 radical (unpaired) electrons. The fraction of sp³-hybridized carbons (Fsp3) is 0.889. The summed E-state index contributed by atoms with van der Waals surface area (Å²) in [7, 11) is 3.18. The fourth-order valence-electron chi connectivity index (χ4n) is 1.80. The van der Waals surface area contributed by atoms with Crippen molar-refractivity contribution in [2.75, 3.05) is 14.2 Å². The summed E-state index contributed by atoms with van der Waals surface area (Å²) in [4.78, 5) is 16.3. The first-order chi connectivity index (χ1) is 5.46. The number of amides is 1. The van der Waals surface area contributed by atoms with Gasteiger partial charge in [-0.15, -0.1) is 0 Å². The fourth-order valence-corrected chi connectivity index (χ4v) is 1.80. The molecule has 1 rings (SSSR count). The van der Waals surface area contributed by atoms with Crippen LogP contribution in [0.25, 0.3) is 0 Å². The monoisotopic (exact) mass is 171 g/mol. The number of carbonyl (C=O) groups excluding carboxylic acids is 1. The maximum atomic E-state index is 11.4. The summed E-state index contributed by atoms with van der Waals surface area (Å²) in [5, 5.41) is 1.32. The summed E-state index contributed by atoms with van der Waals surface area (Å²) in [5.41, 5.74) is 0.356. The van der Waals surface area contributed by atoms with E-state index in [-0.39, 0.29) is 11.8 Å². The summed E-state index contributed by atoms with van der Waals surface area (Å²) in [6, 6.07) is 0. The van der Waals surface area contributed by atoms with Crippen LogP contribution < -0.4 is 0 Å². The van der Waals surface area contributed by atoms with E-state index in [1.54, 1.807) is 7.05 Å². The van der Waals surface area contributed by atoms with Gasteiger partial charge in [-0.3, -0.25) is 9.63 Å². The van der Waals surface area contributed by atoms with Crippen molar-refractivity contribution in [3.63, 3.8) is 0 Å². The molecule has 0 atom stereocenters. The van der Waals surface area contributed by atoms with Crippen molar-refractivity contribution in [1.29, 1.82) is 0 Å². The lowest BCUT2D eigenvalue weighted by molar-refractivity contribution is -0.180. The average Bonchev–Trinajstić information content (AvgIpc) is 1.97. The predicted molar refractivity (Wildman–Crippen MR) is 46.3 cm³/mol. The summed E-state index contributed by atoms with van der Waals surface area (Å²) in [5.74, 6) is 0.293. The second kappa shape index (κ2) is 3.05. The molecule has 1 aliphatic carbocycles. The molecule has 12 heavy (non-hydrogen) atoms. The van der Waals surface area contributed by atoms with Crippen molar-refractivity contribution in [3.05, 3.63) is 0 Å². The molecule has 0 aromatic rings. The molecule has 1 fully saturated rings. The molecule has 0 spiro atoms. The summed E-state index contributed by atoms with van der Waals surface area (Å²) in [6.07, 6.45) is 1.97. The van der Waals surface area contributed by atoms with Gasteiger partial charge in [0.1, 0.15) is 0 Å². The van der Waals surface area contributed by atoms with Crippen LogP contribution in [0.5, 0.6) is 0 Å². The van der Waals surface area contributed by atoms with Crippen molar-refractivity contribution >= 4 is 5.91 Å². The molecule has 3 nitrogen and oxygen atoms in total. The highest BCUT2D eigenvalue weighted by molar-refractivity contribution is 5.78. The Labute approximate surface area is 73.6 Å². The van der Waals surface area contributed by atoms with Crippen molar-refractivity contribution in [1.82, 2.24) is 5.06 Å². The molecular weight excluding hydrogens is 154 g/mol. The molecule has 0 heterocycles. The predicted octanol–water partition coefficient (Wildman–Crippen LogP) is 1.44. The van der Waals surface area contributed by atoms with Gasteiger partial charge >= 0.3 is 0 Å². The Morgan fingerprint density at radius 3 is 2.33 bits per heavy atom. The van der Waals surface area contributed by atoms with Crippen molar-refractivity contribution in [2.24, 2.45) is 11.3 Å². The zero-order valence-electron chi connectivity index (χ0n) is 8.26. The standard InChI is InChI=1S/C9H17NO2/c1-9(2)5-7(6-9)8(11)10(3)12-4/h7H,5-6H2,1-4H3. The van der Waals surface area contributed by atoms with Crippen molar-refractivity contribution < 1.29 is 9.63 Å². The van der Waals surface area contributed by atoms with E-state index in [0.717, 1.165) is 12.8 Å². The highest BCUT2D eigenvalue weighted by atomic mass is 16.7. The van der Waals surface area contributed by atoms with Gasteiger partial charge in [-0.1, -0.05) is 13.8 Å². The zero-order chi connectivity index (χ0) is 9.35. The minimum atomic E-state index is 0.108. The van der Waals surface area contributed by atoms with Crippen LogP contribution in [0.15, 0.2) is 0 Å².